The smallest absolute Gasteiger partial charge is 0.337 e. The van der Waals surface area contributed by atoms with Gasteiger partial charge in [-0.2, -0.15) is 0 Å². The minimum absolute atomic E-state index is 0.102. The molecule has 1 aromatic carbocycles. The lowest BCUT2D eigenvalue weighted by atomic mass is 10.1. The normalized spacial score (nSPS) is 11.3. The molecule has 0 fully saturated rings. The van der Waals surface area contributed by atoms with Crippen molar-refractivity contribution < 1.29 is 19.8 Å². The fraction of sp³-hybridized carbons (Fsp3) is 0.118. The van der Waals surface area contributed by atoms with Crippen LogP contribution in [0.4, 0.5) is 5.69 Å². The molecule has 0 unspecified atom stereocenters. The molecule has 0 spiro atoms. The number of pyridine rings is 1. The molecule has 27 heavy (non-hydrogen) atoms. The van der Waals surface area contributed by atoms with Crippen LogP contribution in [0, 0.1) is 0 Å². The van der Waals surface area contributed by atoms with E-state index in [1.165, 1.54) is 35.0 Å². The summed E-state index contributed by atoms with van der Waals surface area (Å²) in [5, 5.41) is 26.5. The first-order valence-electron chi connectivity index (χ1n) is 7.64. The van der Waals surface area contributed by atoms with Crippen molar-refractivity contribution in [3.05, 3.63) is 57.0 Å². The highest BCUT2D eigenvalue weighted by Gasteiger charge is 2.19. The van der Waals surface area contributed by atoms with Crippen molar-refractivity contribution in [3.8, 4) is 5.88 Å². The zero-order valence-electron chi connectivity index (χ0n) is 13.9. The van der Waals surface area contributed by atoms with Crippen LogP contribution < -0.4 is 5.56 Å². The summed E-state index contributed by atoms with van der Waals surface area (Å²) in [6.07, 6.45) is 1.41. The number of nitrogens with zero attached hydrogens (tertiary/aromatic N) is 3. The van der Waals surface area contributed by atoms with Gasteiger partial charge in [-0.05, 0) is 17.7 Å². The third-order valence-corrected chi connectivity index (χ3v) is 4.24. The van der Waals surface area contributed by atoms with Crippen LogP contribution >= 0.6 is 11.6 Å². The Morgan fingerprint density at radius 3 is 2.67 bits per heavy atom. The monoisotopic (exact) mass is 388 g/mol. The largest absolute Gasteiger partial charge is 0.493 e. The highest BCUT2D eigenvalue weighted by atomic mass is 35.5. The van der Waals surface area contributed by atoms with E-state index in [-0.39, 0.29) is 33.6 Å². The third-order valence-electron chi connectivity index (χ3n) is 3.85. The molecule has 0 aliphatic heterocycles. The van der Waals surface area contributed by atoms with Crippen molar-refractivity contribution in [2.24, 2.45) is 17.3 Å². The summed E-state index contributed by atoms with van der Waals surface area (Å²) in [5.41, 5.74) is 0.404. The second-order valence-corrected chi connectivity index (χ2v) is 6.11. The predicted molar refractivity (Wildman–Crippen MR) is 96.8 cm³/mol. The third kappa shape index (κ3) is 3.58. The zero-order valence-corrected chi connectivity index (χ0v) is 14.7. The van der Waals surface area contributed by atoms with Crippen LogP contribution in [-0.2, 0) is 18.3 Å². The Bertz CT molecular complexity index is 1160. The van der Waals surface area contributed by atoms with Gasteiger partial charge in [0.2, 0.25) is 11.4 Å². The number of amides is 1. The SMILES string of the molecule is Cn1cc(CC(=O)N=Nc2c(O)[nH]c3ccc(C(=O)O)c(Cl)c23)ccc1=O. The molecule has 138 valence electrons. The van der Waals surface area contributed by atoms with Gasteiger partial charge in [0.25, 0.3) is 5.91 Å². The molecule has 2 heterocycles. The summed E-state index contributed by atoms with van der Waals surface area (Å²) in [7, 11) is 1.56. The van der Waals surface area contributed by atoms with Gasteiger partial charge >= 0.3 is 5.97 Å². The fourth-order valence-electron chi connectivity index (χ4n) is 2.55. The fourth-order valence-corrected chi connectivity index (χ4v) is 2.89. The van der Waals surface area contributed by atoms with Crippen LogP contribution in [0.15, 0.2) is 45.5 Å². The van der Waals surface area contributed by atoms with Crippen molar-refractivity contribution in [2.45, 2.75) is 6.42 Å². The number of halogens is 1. The maximum Gasteiger partial charge on any atom is 0.337 e. The molecular weight excluding hydrogens is 376 g/mol. The van der Waals surface area contributed by atoms with Gasteiger partial charge in [-0.15, -0.1) is 10.2 Å². The first-order valence-corrected chi connectivity index (χ1v) is 8.02. The number of benzene rings is 1. The molecule has 3 N–H and O–H groups in total. The molecule has 3 aromatic rings. The van der Waals surface area contributed by atoms with Crippen molar-refractivity contribution in [3.63, 3.8) is 0 Å². The lowest BCUT2D eigenvalue weighted by Crippen LogP contribution is -2.15. The average Bonchev–Trinajstić information content (AvgIpc) is 2.92. The topological polar surface area (TPSA) is 137 Å². The average molecular weight is 389 g/mol. The van der Waals surface area contributed by atoms with E-state index in [1.807, 2.05) is 0 Å². The number of hydrogen-bond donors (Lipinski definition) is 3. The van der Waals surface area contributed by atoms with Crippen LogP contribution in [0.1, 0.15) is 15.9 Å². The molecule has 0 aliphatic rings. The van der Waals surface area contributed by atoms with E-state index in [0.717, 1.165) is 0 Å². The number of aromatic amines is 1. The summed E-state index contributed by atoms with van der Waals surface area (Å²) in [5.74, 6) is -2.25. The minimum atomic E-state index is -1.24. The maximum absolute atomic E-state index is 12.0. The second-order valence-electron chi connectivity index (χ2n) is 5.73. The highest BCUT2D eigenvalue weighted by molar-refractivity contribution is 6.39. The number of carbonyl (C=O) groups is 2. The molecule has 2 aromatic heterocycles. The minimum Gasteiger partial charge on any atom is -0.493 e. The number of aromatic hydroxyl groups is 1. The number of H-pyrrole nitrogens is 1. The van der Waals surface area contributed by atoms with E-state index in [1.54, 1.807) is 7.05 Å². The lowest BCUT2D eigenvalue weighted by Gasteiger charge is -2.01. The first-order chi connectivity index (χ1) is 12.8. The number of carbonyl (C=O) groups excluding carboxylic acids is 1. The molecule has 0 radical (unpaired) electrons. The molecule has 0 saturated carbocycles. The van der Waals surface area contributed by atoms with Crippen LogP contribution in [0.5, 0.6) is 5.88 Å². The number of fused-ring (bicyclic) bond motifs is 1. The van der Waals surface area contributed by atoms with E-state index in [9.17, 15) is 19.5 Å². The van der Waals surface area contributed by atoms with Gasteiger partial charge in [0.15, 0.2) is 5.69 Å². The predicted octanol–water partition coefficient (Wildman–Crippen LogP) is 2.78. The number of azo groups is 1. The number of carboxylic acids is 1. The second kappa shape index (κ2) is 7.04. The molecule has 10 heteroatoms. The number of rotatable bonds is 4. The summed E-state index contributed by atoms with van der Waals surface area (Å²) in [4.78, 5) is 37.2. The van der Waals surface area contributed by atoms with E-state index < -0.39 is 17.8 Å². The maximum atomic E-state index is 12.0. The molecule has 9 nitrogen and oxygen atoms in total. The number of aryl methyl sites for hydroxylation is 1. The van der Waals surface area contributed by atoms with Gasteiger partial charge in [0, 0.05) is 19.3 Å². The van der Waals surface area contributed by atoms with E-state index in [2.05, 4.69) is 15.2 Å². The van der Waals surface area contributed by atoms with Crippen molar-refractivity contribution in [2.75, 3.05) is 0 Å². The molecule has 0 atom stereocenters. The van der Waals surface area contributed by atoms with Crippen LogP contribution in [0.3, 0.4) is 0 Å². The standard InChI is InChI=1S/C17H13ClN4O5/c1-22-7-8(2-5-12(22)24)6-11(23)20-21-15-13-10(19-16(15)25)4-3-9(14(13)18)17(26)27/h2-5,7,19,25H,6H2,1H3,(H,26,27). The van der Waals surface area contributed by atoms with Crippen molar-refractivity contribution >= 4 is 40.1 Å². The number of nitrogens with one attached hydrogen (secondary N) is 1. The molecular formula is C17H13ClN4O5. The van der Waals surface area contributed by atoms with Gasteiger partial charge in [-0.25, -0.2) is 4.79 Å². The summed E-state index contributed by atoms with van der Waals surface area (Å²) >= 11 is 6.10. The number of aromatic nitrogens is 2. The Morgan fingerprint density at radius 1 is 1.26 bits per heavy atom. The van der Waals surface area contributed by atoms with Gasteiger partial charge in [0.05, 0.1) is 27.9 Å². The molecule has 0 aliphatic carbocycles. The van der Waals surface area contributed by atoms with Crippen molar-refractivity contribution in [1.29, 1.82) is 0 Å². The van der Waals surface area contributed by atoms with Gasteiger partial charge in [-0.3, -0.25) is 9.59 Å². The van der Waals surface area contributed by atoms with E-state index in [4.69, 9.17) is 16.7 Å². The summed E-state index contributed by atoms with van der Waals surface area (Å²) in [6, 6.07) is 5.55. The van der Waals surface area contributed by atoms with E-state index >= 15 is 0 Å². The Hall–Kier alpha value is -3.46. The van der Waals surface area contributed by atoms with Gasteiger partial charge < -0.3 is 19.8 Å². The Labute approximate surface area is 156 Å². The van der Waals surface area contributed by atoms with Crippen LogP contribution in [-0.4, -0.2) is 31.6 Å². The summed E-state index contributed by atoms with van der Waals surface area (Å²) in [6.45, 7) is 0. The van der Waals surface area contributed by atoms with Crippen LogP contribution in [0.2, 0.25) is 5.02 Å². The Balaban J connectivity index is 1.93. The van der Waals surface area contributed by atoms with Crippen molar-refractivity contribution in [1.82, 2.24) is 9.55 Å². The number of carboxylic acid groups (broad SMARTS) is 1. The Morgan fingerprint density at radius 2 is 2.00 bits per heavy atom. The zero-order chi connectivity index (χ0) is 19.7. The van der Waals surface area contributed by atoms with Gasteiger partial charge in [0.1, 0.15) is 0 Å². The molecule has 3 rings (SSSR count). The van der Waals surface area contributed by atoms with E-state index in [0.29, 0.717) is 11.1 Å². The van der Waals surface area contributed by atoms with Crippen LogP contribution in [0.25, 0.3) is 10.9 Å². The number of aromatic carboxylic acids is 1. The summed E-state index contributed by atoms with van der Waals surface area (Å²) < 4.78 is 1.33. The first kappa shape index (κ1) is 18.3. The molecule has 1 amide bonds. The highest BCUT2D eigenvalue weighted by Crippen LogP contribution is 2.41. The quantitative estimate of drug-likeness (QED) is 0.590. The van der Waals surface area contributed by atoms with Gasteiger partial charge in [-0.1, -0.05) is 17.7 Å². The molecule has 0 saturated heterocycles. The molecule has 0 bridgehead atoms. The Kier molecular flexibility index (Phi) is 4.78. The lowest BCUT2D eigenvalue weighted by molar-refractivity contribution is -0.117. The number of hydrogen-bond acceptors (Lipinski definition) is 5.